The van der Waals surface area contributed by atoms with E-state index >= 15 is 0 Å². The standard InChI is InChI=1S/C20H29N5O/c1-15-9-17(11-18(10-15)26-4)12-23-20(21-3)24-7-5-16(2)19(13-24)25-8-6-22-14-25/h6,8-11,14,16,19H,5,7,12-13H2,1-4H3,(H,21,23). The van der Waals surface area contributed by atoms with Crippen molar-refractivity contribution in [2.24, 2.45) is 10.9 Å². The summed E-state index contributed by atoms with van der Waals surface area (Å²) >= 11 is 0. The molecular formula is C20H29N5O. The molecule has 2 heterocycles. The number of nitrogens with one attached hydrogen (secondary N) is 1. The third-order valence-electron chi connectivity index (χ3n) is 5.13. The fraction of sp³-hybridized carbons (Fsp3) is 0.500. The Morgan fingerprint density at radius 3 is 2.92 bits per heavy atom. The lowest BCUT2D eigenvalue weighted by Gasteiger charge is -2.39. The third kappa shape index (κ3) is 4.18. The summed E-state index contributed by atoms with van der Waals surface area (Å²) in [5.41, 5.74) is 2.39. The van der Waals surface area contributed by atoms with E-state index in [2.05, 4.69) is 56.9 Å². The van der Waals surface area contributed by atoms with Crippen LogP contribution in [0.1, 0.15) is 30.5 Å². The van der Waals surface area contributed by atoms with Gasteiger partial charge in [-0.1, -0.05) is 13.0 Å². The first-order chi connectivity index (χ1) is 12.6. The van der Waals surface area contributed by atoms with E-state index in [1.54, 1.807) is 7.11 Å². The second kappa shape index (κ2) is 8.25. The van der Waals surface area contributed by atoms with E-state index in [9.17, 15) is 0 Å². The highest BCUT2D eigenvalue weighted by molar-refractivity contribution is 5.80. The minimum Gasteiger partial charge on any atom is -0.497 e. The average Bonchev–Trinajstić information content (AvgIpc) is 3.17. The van der Waals surface area contributed by atoms with Gasteiger partial charge in [-0.15, -0.1) is 0 Å². The Morgan fingerprint density at radius 2 is 2.23 bits per heavy atom. The molecule has 0 spiro atoms. The first kappa shape index (κ1) is 18.3. The molecule has 2 atom stereocenters. The molecule has 26 heavy (non-hydrogen) atoms. The van der Waals surface area contributed by atoms with Crippen LogP contribution in [0.25, 0.3) is 0 Å². The van der Waals surface area contributed by atoms with Gasteiger partial charge in [0, 0.05) is 39.1 Å². The monoisotopic (exact) mass is 355 g/mol. The summed E-state index contributed by atoms with van der Waals surface area (Å²) in [7, 11) is 3.56. The second-order valence-electron chi connectivity index (χ2n) is 7.05. The number of nitrogens with zero attached hydrogens (tertiary/aromatic N) is 4. The number of guanidine groups is 1. The number of ether oxygens (including phenoxy) is 1. The van der Waals surface area contributed by atoms with Gasteiger partial charge in [-0.3, -0.25) is 4.99 Å². The highest BCUT2D eigenvalue weighted by Gasteiger charge is 2.28. The number of aromatic nitrogens is 2. The molecule has 1 saturated heterocycles. The maximum Gasteiger partial charge on any atom is 0.193 e. The van der Waals surface area contributed by atoms with Crippen molar-refractivity contribution in [1.29, 1.82) is 0 Å². The van der Waals surface area contributed by atoms with Crippen molar-refractivity contribution in [3.05, 3.63) is 48.0 Å². The van der Waals surface area contributed by atoms with Crippen molar-refractivity contribution in [3.8, 4) is 5.75 Å². The largest absolute Gasteiger partial charge is 0.497 e. The molecule has 2 aromatic rings. The quantitative estimate of drug-likeness (QED) is 0.677. The van der Waals surface area contributed by atoms with Crippen molar-refractivity contribution < 1.29 is 4.74 Å². The lowest BCUT2D eigenvalue weighted by molar-refractivity contribution is 0.189. The number of aliphatic imine (C=N–C) groups is 1. The molecule has 1 fully saturated rings. The summed E-state index contributed by atoms with van der Waals surface area (Å²) in [5.74, 6) is 2.46. The molecule has 3 rings (SSSR count). The van der Waals surface area contributed by atoms with Gasteiger partial charge in [-0.25, -0.2) is 4.98 Å². The van der Waals surface area contributed by atoms with Crippen LogP contribution in [-0.4, -0.2) is 47.7 Å². The van der Waals surface area contributed by atoms with E-state index < -0.39 is 0 Å². The fourth-order valence-electron chi connectivity index (χ4n) is 3.65. The number of hydrogen-bond donors (Lipinski definition) is 1. The SMILES string of the molecule is CN=C(NCc1cc(C)cc(OC)c1)N1CCC(C)C(n2ccnc2)C1. The smallest absolute Gasteiger partial charge is 0.193 e. The van der Waals surface area contributed by atoms with E-state index in [0.29, 0.717) is 12.0 Å². The van der Waals surface area contributed by atoms with Crippen molar-refractivity contribution in [3.63, 3.8) is 0 Å². The fourth-order valence-corrected chi connectivity index (χ4v) is 3.65. The Hall–Kier alpha value is -2.50. The molecule has 140 valence electrons. The zero-order valence-electron chi connectivity index (χ0n) is 16.1. The highest BCUT2D eigenvalue weighted by Crippen LogP contribution is 2.27. The van der Waals surface area contributed by atoms with Crippen LogP contribution in [0.4, 0.5) is 0 Å². The highest BCUT2D eigenvalue weighted by atomic mass is 16.5. The molecule has 6 nitrogen and oxygen atoms in total. The Bertz CT molecular complexity index is 741. The van der Waals surface area contributed by atoms with Crippen LogP contribution in [0, 0.1) is 12.8 Å². The zero-order chi connectivity index (χ0) is 18.5. The van der Waals surface area contributed by atoms with Crippen molar-refractivity contribution in [2.75, 3.05) is 27.2 Å². The molecule has 1 N–H and O–H groups in total. The molecular weight excluding hydrogens is 326 g/mol. The number of likely N-dealkylation sites (tertiary alicyclic amines) is 1. The summed E-state index contributed by atoms with van der Waals surface area (Å²) in [6.07, 6.45) is 6.96. The van der Waals surface area contributed by atoms with Crippen LogP contribution in [0.2, 0.25) is 0 Å². The van der Waals surface area contributed by atoms with Gasteiger partial charge in [0.15, 0.2) is 5.96 Å². The Morgan fingerprint density at radius 1 is 1.38 bits per heavy atom. The normalized spacial score (nSPS) is 20.9. The number of methoxy groups -OCH3 is 1. The number of imidazole rings is 1. The van der Waals surface area contributed by atoms with E-state index in [-0.39, 0.29) is 0 Å². The summed E-state index contributed by atoms with van der Waals surface area (Å²) in [4.78, 5) is 11.1. The molecule has 2 unspecified atom stereocenters. The van der Waals surface area contributed by atoms with Gasteiger partial charge in [0.2, 0.25) is 0 Å². The maximum atomic E-state index is 5.38. The van der Waals surface area contributed by atoms with Crippen molar-refractivity contribution in [1.82, 2.24) is 19.8 Å². The predicted octanol–water partition coefficient (Wildman–Crippen LogP) is 2.86. The van der Waals surface area contributed by atoms with E-state index in [1.165, 1.54) is 11.1 Å². The third-order valence-corrected chi connectivity index (χ3v) is 5.13. The number of piperidine rings is 1. The molecule has 1 aromatic carbocycles. The van der Waals surface area contributed by atoms with E-state index in [4.69, 9.17) is 4.74 Å². The molecule has 1 aliphatic rings. The number of rotatable bonds is 4. The minimum absolute atomic E-state index is 0.420. The molecule has 1 aromatic heterocycles. The number of hydrogen-bond acceptors (Lipinski definition) is 3. The molecule has 0 bridgehead atoms. The van der Waals surface area contributed by atoms with Crippen molar-refractivity contribution >= 4 is 5.96 Å². The van der Waals surface area contributed by atoms with Crippen molar-refractivity contribution in [2.45, 2.75) is 32.9 Å². The number of benzene rings is 1. The van der Waals surface area contributed by atoms with Crippen LogP contribution in [0.15, 0.2) is 41.9 Å². The summed E-state index contributed by atoms with van der Waals surface area (Å²) in [6.45, 7) is 7.09. The molecule has 0 amide bonds. The summed E-state index contributed by atoms with van der Waals surface area (Å²) in [6, 6.07) is 6.71. The molecule has 0 aliphatic carbocycles. The topological polar surface area (TPSA) is 54.7 Å². The van der Waals surface area contributed by atoms with Gasteiger partial charge in [0.25, 0.3) is 0 Å². The minimum atomic E-state index is 0.420. The average molecular weight is 355 g/mol. The Balaban J connectivity index is 1.66. The van der Waals surface area contributed by atoms with E-state index in [0.717, 1.165) is 37.8 Å². The van der Waals surface area contributed by atoms with Crippen LogP contribution in [-0.2, 0) is 6.54 Å². The van der Waals surface area contributed by atoms with Gasteiger partial charge in [0.05, 0.1) is 19.5 Å². The predicted molar refractivity (Wildman–Crippen MR) is 105 cm³/mol. The summed E-state index contributed by atoms with van der Waals surface area (Å²) < 4.78 is 7.59. The maximum absolute atomic E-state index is 5.38. The van der Waals surface area contributed by atoms with E-state index in [1.807, 2.05) is 25.6 Å². The molecule has 0 saturated carbocycles. The van der Waals surface area contributed by atoms with Crippen LogP contribution >= 0.6 is 0 Å². The van der Waals surface area contributed by atoms with Gasteiger partial charge in [-0.05, 0) is 42.5 Å². The van der Waals surface area contributed by atoms with Crippen LogP contribution in [0.5, 0.6) is 5.75 Å². The van der Waals surface area contributed by atoms with Gasteiger partial charge in [0.1, 0.15) is 5.75 Å². The lowest BCUT2D eigenvalue weighted by atomic mass is 9.93. The second-order valence-corrected chi connectivity index (χ2v) is 7.05. The van der Waals surface area contributed by atoms with Gasteiger partial charge >= 0.3 is 0 Å². The van der Waals surface area contributed by atoms with Gasteiger partial charge < -0.3 is 19.5 Å². The number of aryl methyl sites for hydroxylation is 1. The Labute approximate surface area is 155 Å². The molecule has 0 radical (unpaired) electrons. The van der Waals surface area contributed by atoms with Gasteiger partial charge in [-0.2, -0.15) is 0 Å². The first-order valence-corrected chi connectivity index (χ1v) is 9.18. The molecule has 6 heteroatoms. The summed E-state index contributed by atoms with van der Waals surface area (Å²) in [5, 5.41) is 3.51. The Kier molecular flexibility index (Phi) is 5.81. The zero-order valence-corrected chi connectivity index (χ0v) is 16.1. The molecule has 1 aliphatic heterocycles. The van der Waals surface area contributed by atoms with Crippen LogP contribution < -0.4 is 10.1 Å². The lowest BCUT2D eigenvalue weighted by Crippen LogP contribution is -2.48. The van der Waals surface area contributed by atoms with Crippen LogP contribution in [0.3, 0.4) is 0 Å². The first-order valence-electron chi connectivity index (χ1n) is 9.18.